The zero-order chi connectivity index (χ0) is 21.6. The molecule has 0 saturated heterocycles. The molecule has 8 heteroatoms. The predicted octanol–water partition coefficient (Wildman–Crippen LogP) is 2.52. The molecule has 154 valence electrons. The van der Waals surface area contributed by atoms with Crippen molar-refractivity contribution in [1.29, 1.82) is 0 Å². The van der Waals surface area contributed by atoms with Crippen LogP contribution in [-0.4, -0.2) is 40.4 Å². The number of ether oxygens (including phenoxy) is 1. The molecule has 1 amide bonds. The van der Waals surface area contributed by atoms with Gasteiger partial charge in [0.25, 0.3) is 5.91 Å². The molecule has 0 bridgehead atoms. The van der Waals surface area contributed by atoms with E-state index < -0.39 is 29.8 Å². The Morgan fingerprint density at radius 3 is 2.57 bits per heavy atom. The maximum atomic E-state index is 13.6. The quantitative estimate of drug-likeness (QED) is 0.648. The van der Waals surface area contributed by atoms with Crippen LogP contribution in [0.2, 0.25) is 0 Å². The third-order valence-electron chi connectivity index (χ3n) is 5.43. The predicted molar refractivity (Wildman–Crippen MR) is 112 cm³/mol. The Labute approximate surface area is 173 Å². The topological polar surface area (TPSA) is 102 Å². The lowest BCUT2D eigenvalue weighted by Gasteiger charge is -2.34. The molecule has 2 atom stereocenters. The summed E-state index contributed by atoms with van der Waals surface area (Å²) in [5.74, 6) is -0.664. The van der Waals surface area contributed by atoms with Crippen molar-refractivity contribution in [2.24, 2.45) is 7.05 Å². The van der Waals surface area contributed by atoms with E-state index in [1.807, 2.05) is 48.9 Å². The Bertz CT molecular complexity index is 1180. The van der Waals surface area contributed by atoms with Crippen molar-refractivity contribution >= 4 is 34.4 Å². The molecule has 0 fully saturated rings. The van der Waals surface area contributed by atoms with E-state index >= 15 is 0 Å². The summed E-state index contributed by atoms with van der Waals surface area (Å²) in [7, 11) is 3.36. The number of benzene rings is 2. The van der Waals surface area contributed by atoms with Gasteiger partial charge in [-0.25, -0.2) is 4.98 Å². The zero-order valence-electron chi connectivity index (χ0n) is 17.1. The molecule has 0 unspecified atom stereocenters. The number of fused-ring (bicyclic) bond motifs is 3. The highest BCUT2D eigenvalue weighted by molar-refractivity contribution is 6.19. The largest absolute Gasteiger partial charge is 0.452 e. The van der Waals surface area contributed by atoms with Gasteiger partial charge >= 0.3 is 5.97 Å². The Balaban J connectivity index is 2.01. The van der Waals surface area contributed by atoms with Gasteiger partial charge < -0.3 is 19.9 Å². The lowest BCUT2D eigenvalue weighted by molar-refractivity contribution is -0.145. The van der Waals surface area contributed by atoms with Crippen LogP contribution in [0.4, 0.5) is 5.69 Å². The summed E-state index contributed by atoms with van der Waals surface area (Å²) < 4.78 is 7.29. The monoisotopic (exact) mass is 406 g/mol. The minimum atomic E-state index is -1.11. The number of nitrogens with one attached hydrogen (secondary N) is 2. The number of aryl methyl sites for hydroxylation is 2. The van der Waals surface area contributed by atoms with Crippen LogP contribution in [0, 0.1) is 6.92 Å². The molecule has 1 aromatic heterocycles. The van der Waals surface area contributed by atoms with E-state index in [1.54, 1.807) is 6.07 Å². The third-order valence-corrected chi connectivity index (χ3v) is 5.43. The van der Waals surface area contributed by atoms with Gasteiger partial charge in [0.15, 0.2) is 6.10 Å². The molecule has 2 heterocycles. The standard InChI is InChI=1S/C22H22N4O4/c1-11-24-18-15(26(11)4)10-14(22(29)23-3)16-19(18)25-17(13-8-6-5-7-9-13)21(20(16)28)30-12(2)27/h5-10,17,21,25H,1-4H3,(H,23,29)/t17-,21-/m1/s1. The van der Waals surface area contributed by atoms with Gasteiger partial charge in [0.1, 0.15) is 11.3 Å². The molecule has 0 spiro atoms. The van der Waals surface area contributed by atoms with Crippen LogP contribution in [-0.2, 0) is 16.6 Å². The number of imidazole rings is 1. The number of carbonyl (C=O) groups is 3. The van der Waals surface area contributed by atoms with Crippen molar-refractivity contribution in [3.05, 3.63) is 58.9 Å². The van der Waals surface area contributed by atoms with E-state index in [1.165, 1.54) is 14.0 Å². The van der Waals surface area contributed by atoms with Gasteiger partial charge in [-0.1, -0.05) is 30.3 Å². The van der Waals surface area contributed by atoms with Gasteiger partial charge in [0, 0.05) is 21.0 Å². The molecule has 3 aromatic rings. The summed E-state index contributed by atoms with van der Waals surface area (Å²) in [5.41, 5.74) is 2.96. The summed E-state index contributed by atoms with van der Waals surface area (Å²) in [6, 6.07) is 10.3. The van der Waals surface area contributed by atoms with Crippen molar-refractivity contribution in [3.63, 3.8) is 0 Å². The van der Waals surface area contributed by atoms with E-state index in [2.05, 4.69) is 15.6 Å². The van der Waals surface area contributed by atoms with Crippen LogP contribution in [0.25, 0.3) is 11.0 Å². The number of nitrogens with zero attached hydrogens (tertiary/aromatic N) is 2. The molecule has 4 rings (SSSR count). The van der Waals surface area contributed by atoms with Crippen LogP contribution in [0.15, 0.2) is 36.4 Å². The molecule has 0 aliphatic carbocycles. The van der Waals surface area contributed by atoms with E-state index in [0.717, 1.165) is 16.9 Å². The lowest BCUT2D eigenvalue weighted by atomic mass is 9.86. The van der Waals surface area contributed by atoms with Crippen molar-refractivity contribution in [2.45, 2.75) is 26.0 Å². The number of aromatic nitrogens is 2. The second-order valence-corrected chi connectivity index (χ2v) is 7.27. The highest BCUT2D eigenvalue weighted by Crippen LogP contribution is 2.40. The molecule has 30 heavy (non-hydrogen) atoms. The van der Waals surface area contributed by atoms with Crippen molar-refractivity contribution in [1.82, 2.24) is 14.9 Å². The van der Waals surface area contributed by atoms with Gasteiger partial charge in [0.2, 0.25) is 5.78 Å². The minimum absolute atomic E-state index is 0.179. The van der Waals surface area contributed by atoms with Crippen LogP contribution in [0.1, 0.15) is 45.1 Å². The normalized spacial score (nSPS) is 17.9. The first-order chi connectivity index (χ1) is 14.3. The number of anilines is 1. The lowest BCUT2D eigenvalue weighted by Crippen LogP contribution is -2.42. The van der Waals surface area contributed by atoms with Gasteiger partial charge in [-0.15, -0.1) is 0 Å². The third kappa shape index (κ3) is 3.01. The number of amides is 1. The van der Waals surface area contributed by atoms with E-state index in [0.29, 0.717) is 11.2 Å². The number of carbonyl (C=O) groups excluding carboxylic acids is 3. The molecule has 1 aliphatic rings. The van der Waals surface area contributed by atoms with Gasteiger partial charge in [-0.05, 0) is 18.6 Å². The SMILES string of the molecule is CNC(=O)c1cc2c(nc(C)n2C)c2c1C(=O)[C@H](OC(C)=O)[C@@H](c1ccccc1)N2. The zero-order valence-corrected chi connectivity index (χ0v) is 17.1. The summed E-state index contributed by atoms with van der Waals surface area (Å²) >= 11 is 0. The number of ketones is 1. The fourth-order valence-electron chi connectivity index (χ4n) is 3.89. The summed E-state index contributed by atoms with van der Waals surface area (Å²) in [5, 5.41) is 5.93. The molecular formula is C22H22N4O4. The Kier molecular flexibility index (Phi) is 4.77. The maximum Gasteiger partial charge on any atom is 0.303 e. The maximum absolute atomic E-state index is 13.6. The highest BCUT2D eigenvalue weighted by Gasteiger charge is 2.42. The first-order valence-corrected chi connectivity index (χ1v) is 9.58. The van der Waals surface area contributed by atoms with Crippen molar-refractivity contribution < 1.29 is 19.1 Å². The molecule has 1 aliphatic heterocycles. The van der Waals surface area contributed by atoms with Crippen LogP contribution in [0.3, 0.4) is 0 Å². The molecule has 2 aromatic carbocycles. The van der Waals surface area contributed by atoms with Gasteiger partial charge in [-0.2, -0.15) is 0 Å². The fraction of sp³-hybridized carbons (Fsp3) is 0.273. The van der Waals surface area contributed by atoms with Crippen molar-refractivity contribution in [2.75, 3.05) is 12.4 Å². The number of hydrogen-bond donors (Lipinski definition) is 2. The van der Waals surface area contributed by atoms with E-state index in [9.17, 15) is 14.4 Å². The summed E-state index contributed by atoms with van der Waals surface area (Å²) in [4.78, 5) is 42.6. The first-order valence-electron chi connectivity index (χ1n) is 9.58. The van der Waals surface area contributed by atoms with Gasteiger partial charge in [0.05, 0.1) is 28.4 Å². The smallest absolute Gasteiger partial charge is 0.303 e. The Morgan fingerprint density at radius 1 is 1.23 bits per heavy atom. The summed E-state index contributed by atoms with van der Waals surface area (Å²) in [6.07, 6.45) is -1.11. The molecule has 0 radical (unpaired) electrons. The molecule has 2 N–H and O–H groups in total. The minimum Gasteiger partial charge on any atom is -0.452 e. The summed E-state index contributed by atoms with van der Waals surface area (Å²) in [6.45, 7) is 3.11. The number of Topliss-reactive ketones (excluding diaryl/α,β-unsaturated/α-hetero) is 1. The Morgan fingerprint density at radius 2 is 1.93 bits per heavy atom. The molecule has 8 nitrogen and oxygen atoms in total. The van der Waals surface area contributed by atoms with Crippen LogP contribution < -0.4 is 10.6 Å². The second-order valence-electron chi connectivity index (χ2n) is 7.27. The van der Waals surface area contributed by atoms with Crippen molar-refractivity contribution in [3.8, 4) is 0 Å². The van der Waals surface area contributed by atoms with Gasteiger partial charge in [-0.3, -0.25) is 14.4 Å². The first kappa shape index (κ1) is 19.6. The van der Waals surface area contributed by atoms with E-state index in [4.69, 9.17) is 4.74 Å². The van der Waals surface area contributed by atoms with Crippen LogP contribution >= 0.6 is 0 Å². The van der Waals surface area contributed by atoms with E-state index in [-0.39, 0.29) is 11.1 Å². The molecular weight excluding hydrogens is 384 g/mol. The molecule has 0 saturated carbocycles. The van der Waals surface area contributed by atoms with Crippen LogP contribution in [0.5, 0.6) is 0 Å². The highest BCUT2D eigenvalue weighted by atomic mass is 16.5. The number of esters is 1. The average molecular weight is 406 g/mol. The fourth-order valence-corrected chi connectivity index (χ4v) is 3.89. The average Bonchev–Trinajstić information content (AvgIpc) is 3.03. The number of rotatable bonds is 3. The Hall–Kier alpha value is -3.68. The second kappa shape index (κ2) is 7.29. The number of hydrogen-bond acceptors (Lipinski definition) is 6.